The molecular formula is C17H19FN2O3S. The van der Waals surface area contributed by atoms with Crippen molar-refractivity contribution in [3.05, 3.63) is 58.3 Å². The van der Waals surface area contributed by atoms with Crippen molar-refractivity contribution in [2.24, 2.45) is 0 Å². The van der Waals surface area contributed by atoms with Crippen LogP contribution in [0.3, 0.4) is 0 Å². The van der Waals surface area contributed by atoms with E-state index in [2.05, 4.69) is 4.98 Å². The summed E-state index contributed by atoms with van der Waals surface area (Å²) in [5.74, 6) is -0.203. The highest BCUT2D eigenvalue weighted by atomic mass is 32.2. The first-order valence-corrected chi connectivity index (χ1v) is 8.38. The number of halogens is 1. The average Bonchev–Trinajstić information content (AvgIpc) is 2.47. The number of hydrogen-bond donors (Lipinski definition) is 0. The molecule has 128 valence electrons. The SMILES string of the molecule is CC(C)(C)OC(=O)Cn1ccc(=O)nc1SCc1ccc(F)cc1. The molecule has 0 aliphatic heterocycles. The number of hydrogen-bond acceptors (Lipinski definition) is 5. The summed E-state index contributed by atoms with van der Waals surface area (Å²) in [6, 6.07) is 7.39. The van der Waals surface area contributed by atoms with E-state index in [1.807, 2.05) is 0 Å². The zero-order valence-electron chi connectivity index (χ0n) is 13.8. The number of aromatic nitrogens is 2. The van der Waals surface area contributed by atoms with Crippen molar-refractivity contribution in [2.45, 2.75) is 43.8 Å². The smallest absolute Gasteiger partial charge is 0.326 e. The summed E-state index contributed by atoms with van der Waals surface area (Å²) in [5.41, 5.74) is -0.0642. The third-order valence-corrected chi connectivity index (χ3v) is 3.91. The molecule has 0 aliphatic rings. The Balaban J connectivity index is 2.11. The predicted octanol–water partition coefficient (Wildman–Crippen LogP) is 3.02. The average molecular weight is 350 g/mol. The highest BCUT2D eigenvalue weighted by Gasteiger charge is 2.17. The Hall–Kier alpha value is -2.15. The molecule has 0 unspecified atom stereocenters. The minimum Gasteiger partial charge on any atom is -0.459 e. The minimum atomic E-state index is -0.578. The fourth-order valence-corrected chi connectivity index (χ4v) is 2.82. The monoisotopic (exact) mass is 350 g/mol. The normalized spacial score (nSPS) is 11.3. The molecule has 2 aromatic rings. The van der Waals surface area contributed by atoms with Crippen LogP contribution >= 0.6 is 11.8 Å². The molecule has 5 nitrogen and oxygen atoms in total. The molecule has 0 aliphatic carbocycles. The number of nitrogens with zero attached hydrogens (tertiary/aromatic N) is 2. The van der Waals surface area contributed by atoms with E-state index in [4.69, 9.17) is 4.74 Å². The predicted molar refractivity (Wildman–Crippen MR) is 90.3 cm³/mol. The number of carbonyl (C=O) groups excluding carboxylic acids is 1. The Bertz CT molecular complexity index is 767. The van der Waals surface area contributed by atoms with Crippen LogP contribution in [0.4, 0.5) is 4.39 Å². The molecule has 0 N–H and O–H groups in total. The standard InChI is InChI=1S/C17H19FN2O3S/c1-17(2,3)23-15(22)10-20-9-8-14(21)19-16(20)24-11-12-4-6-13(18)7-5-12/h4-9H,10-11H2,1-3H3. The molecule has 0 atom stereocenters. The van der Waals surface area contributed by atoms with E-state index in [1.54, 1.807) is 37.5 Å². The largest absolute Gasteiger partial charge is 0.459 e. The number of thioether (sulfide) groups is 1. The summed E-state index contributed by atoms with van der Waals surface area (Å²) in [4.78, 5) is 27.4. The van der Waals surface area contributed by atoms with Crippen LogP contribution in [0.5, 0.6) is 0 Å². The van der Waals surface area contributed by atoms with Gasteiger partial charge in [0.1, 0.15) is 18.0 Å². The topological polar surface area (TPSA) is 61.2 Å². The van der Waals surface area contributed by atoms with Gasteiger partial charge in [-0.1, -0.05) is 23.9 Å². The summed E-state index contributed by atoms with van der Waals surface area (Å²) in [7, 11) is 0. The van der Waals surface area contributed by atoms with Crippen LogP contribution in [-0.4, -0.2) is 21.1 Å². The van der Waals surface area contributed by atoms with Crippen LogP contribution in [0.2, 0.25) is 0 Å². The van der Waals surface area contributed by atoms with E-state index in [-0.39, 0.29) is 17.9 Å². The zero-order chi connectivity index (χ0) is 17.7. The minimum absolute atomic E-state index is 0.0314. The third kappa shape index (κ3) is 5.81. The molecule has 0 bridgehead atoms. The van der Waals surface area contributed by atoms with E-state index >= 15 is 0 Å². The van der Waals surface area contributed by atoms with Crippen LogP contribution in [0.1, 0.15) is 26.3 Å². The van der Waals surface area contributed by atoms with Gasteiger partial charge in [0.2, 0.25) is 0 Å². The molecule has 1 aromatic heterocycles. The lowest BCUT2D eigenvalue weighted by atomic mass is 10.2. The van der Waals surface area contributed by atoms with Gasteiger partial charge in [-0.15, -0.1) is 0 Å². The quantitative estimate of drug-likeness (QED) is 0.471. The van der Waals surface area contributed by atoms with Crippen LogP contribution in [0.15, 0.2) is 46.5 Å². The Labute approximate surface area is 143 Å². The first-order chi connectivity index (χ1) is 11.2. The van der Waals surface area contributed by atoms with Gasteiger partial charge in [0.15, 0.2) is 5.16 Å². The molecule has 24 heavy (non-hydrogen) atoms. The number of esters is 1. The van der Waals surface area contributed by atoms with Gasteiger partial charge < -0.3 is 9.30 Å². The van der Waals surface area contributed by atoms with Crippen LogP contribution in [0.25, 0.3) is 0 Å². The number of ether oxygens (including phenoxy) is 1. The van der Waals surface area contributed by atoms with Crippen molar-refractivity contribution < 1.29 is 13.9 Å². The molecule has 0 saturated heterocycles. The fraction of sp³-hybridized carbons (Fsp3) is 0.353. The second-order valence-electron chi connectivity index (χ2n) is 6.18. The Morgan fingerprint density at radius 1 is 1.25 bits per heavy atom. The van der Waals surface area contributed by atoms with Gasteiger partial charge in [0.25, 0.3) is 5.56 Å². The van der Waals surface area contributed by atoms with Crippen molar-refractivity contribution in [3.63, 3.8) is 0 Å². The molecule has 1 heterocycles. The van der Waals surface area contributed by atoms with Crippen molar-refractivity contribution in [1.29, 1.82) is 0 Å². The maximum atomic E-state index is 12.9. The van der Waals surface area contributed by atoms with Crippen molar-refractivity contribution >= 4 is 17.7 Å². The molecule has 2 rings (SSSR count). The van der Waals surface area contributed by atoms with Gasteiger partial charge in [-0.2, -0.15) is 4.98 Å². The first kappa shape index (κ1) is 18.2. The van der Waals surface area contributed by atoms with Crippen molar-refractivity contribution in [3.8, 4) is 0 Å². The molecular weight excluding hydrogens is 331 g/mol. The van der Waals surface area contributed by atoms with Gasteiger partial charge in [-0.05, 0) is 38.5 Å². The summed E-state index contributed by atoms with van der Waals surface area (Å²) in [6.45, 7) is 5.34. The summed E-state index contributed by atoms with van der Waals surface area (Å²) in [6.07, 6.45) is 1.52. The van der Waals surface area contributed by atoms with Gasteiger partial charge in [-0.25, -0.2) is 4.39 Å². The van der Waals surface area contributed by atoms with Gasteiger partial charge >= 0.3 is 5.97 Å². The van der Waals surface area contributed by atoms with Crippen molar-refractivity contribution in [1.82, 2.24) is 9.55 Å². The first-order valence-electron chi connectivity index (χ1n) is 7.39. The van der Waals surface area contributed by atoms with Gasteiger partial charge in [0.05, 0.1) is 0 Å². The van der Waals surface area contributed by atoms with E-state index in [0.29, 0.717) is 10.9 Å². The van der Waals surface area contributed by atoms with Crippen LogP contribution in [0, 0.1) is 5.82 Å². The van der Waals surface area contributed by atoms with Gasteiger partial charge in [0, 0.05) is 18.0 Å². The summed E-state index contributed by atoms with van der Waals surface area (Å²) >= 11 is 1.30. The molecule has 0 radical (unpaired) electrons. The maximum Gasteiger partial charge on any atom is 0.326 e. The zero-order valence-corrected chi connectivity index (χ0v) is 14.6. The molecule has 0 amide bonds. The lowest BCUT2D eigenvalue weighted by Gasteiger charge is -2.20. The van der Waals surface area contributed by atoms with Gasteiger partial charge in [-0.3, -0.25) is 9.59 Å². The lowest BCUT2D eigenvalue weighted by Crippen LogP contribution is -2.27. The highest BCUT2D eigenvalue weighted by Crippen LogP contribution is 2.20. The van der Waals surface area contributed by atoms with E-state index < -0.39 is 11.6 Å². The molecule has 0 saturated carbocycles. The molecule has 0 fully saturated rings. The fourth-order valence-electron chi connectivity index (χ4n) is 1.89. The van der Waals surface area contributed by atoms with Crippen LogP contribution in [-0.2, 0) is 21.8 Å². The number of carbonyl (C=O) groups is 1. The molecule has 7 heteroatoms. The lowest BCUT2D eigenvalue weighted by molar-refractivity contribution is -0.155. The Kier molecular flexibility index (Phi) is 5.77. The Morgan fingerprint density at radius 3 is 2.54 bits per heavy atom. The maximum absolute atomic E-state index is 12.9. The third-order valence-electron chi connectivity index (χ3n) is 2.85. The molecule has 1 aromatic carbocycles. The number of rotatable bonds is 5. The van der Waals surface area contributed by atoms with E-state index in [9.17, 15) is 14.0 Å². The second-order valence-corrected chi connectivity index (χ2v) is 7.12. The van der Waals surface area contributed by atoms with Crippen molar-refractivity contribution in [2.75, 3.05) is 0 Å². The van der Waals surface area contributed by atoms with Crippen LogP contribution < -0.4 is 5.56 Å². The Morgan fingerprint density at radius 2 is 1.92 bits per heavy atom. The molecule has 0 spiro atoms. The van der Waals surface area contributed by atoms with E-state index in [0.717, 1.165) is 5.56 Å². The summed E-state index contributed by atoms with van der Waals surface area (Å²) < 4.78 is 19.8. The second kappa shape index (κ2) is 7.61. The summed E-state index contributed by atoms with van der Waals surface area (Å²) in [5, 5.41) is 0.415. The number of benzene rings is 1. The highest BCUT2D eigenvalue weighted by molar-refractivity contribution is 7.98. The van der Waals surface area contributed by atoms with E-state index in [1.165, 1.54) is 36.2 Å².